The molecular formula is C24H22FN7O. The van der Waals surface area contributed by atoms with Gasteiger partial charge in [0.2, 0.25) is 5.91 Å². The molecule has 3 N–H and O–H groups in total. The lowest BCUT2D eigenvalue weighted by molar-refractivity contribution is -0.120. The average molecular weight is 443 g/mol. The zero-order valence-corrected chi connectivity index (χ0v) is 17.8. The van der Waals surface area contributed by atoms with E-state index in [1.165, 1.54) is 18.5 Å². The third-order valence-electron chi connectivity index (χ3n) is 5.48. The van der Waals surface area contributed by atoms with Gasteiger partial charge in [0.1, 0.15) is 18.0 Å². The molecule has 0 fully saturated rings. The second kappa shape index (κ2) is 9.07. The summed E-state index contributed by atoms with van der Waals surface area (Å²) < 4.78 is 14.8. The van der Waals surface area contributed by atoms with Crippen LogP contribution in [0.5, 0.6) is 0 Å². The van der Waals surface area contributed by atoms with E-state index in [-0.39, 0.29) is 11.7 Å². The summed E-state index contributed by atoms with van der Waals surface area (Å²) in [6.45, 7) is 1.42. The molecular weight excluding hydrogens is 421 g/mol. The number of halogens is 1. The minimum atomic E-state index is -0.266. The molecule has 0 spiro atoms. The van der Waals surface area contributed by atoms with Crippen molar-refractivity contribution in [3.63, 3.8) is 0 Å². The number of hydrogen-bond donors (Lipinski definition) is 3. The van der Waals surface area contributed by atoms with E-state index in [1.54, 1.807) is 23.0 Å². The Bertz CT molecular complexity index is 1410. The molecule has 0 aliphatic heterocycles. The Morgan fingerprint density at radius 2 is 1.91 bits per heavy atom. The predicted molar refractivity (Wildman–Crippen MR) is 124 cm³/mol. The summed E-state index contributed by atoms with van der Waals surface area (Å²) in [5.41, 5.74) is 3.61. The summed E-state index contributed by atoms with van der Waals surface area (Å²) in [5, 5.41) is 12.4. The van der Waals surface area contributed by atoms with Gasteiger partial charge in [-0.15, -0.1) is 0 Å². The van der Waals surface area contributed by atoms with Gasteiger partial charge in [0, 0.05) is 30.2 Å². The number of aromatic amines is 1. The number of rotatable bonds is 8. The first-order valence-corrected chi connectivity index (χ1v) is 10.6. The molecule has 2 aromatic carbocycles. The number of carbonyl (C=O) groups excluding carboxylic acids is 1. The maximum atomic E-state index is 13.1. The van der Waals surface area contributed by atoms with Gasteiger partial charge in [-0.1, -0.05) is 30.3 Å². The Labute approximate surface area is 188 Å². The quantitative estimate of drug-likeness (QED) is 0.341. The van der Waals surface area contributed by atoms with Crippen LogP contribution >= 0.6 is 0 Å². The van der Waals surface area contributed by atoms with Crippen LogP contribution in [0.2, 0.25) is 0 Å². The van der Waals surface area contributed by atoms with Gasteiger partial charge in [0.05, 0.1) is 24.5 Å². The summed E-state index contributed by atoms with van der Waals surface area (Å²) >= 11 is 0. The fourth-order valence-corrected chi connectivity index (χ4v) is 3.80. The van der Waals surface area contributed by atoms with Crippen LogP contribution in [0.1, 0.15) is 11.1 Å². The predicted octanol–water partition coefficient (Wildman–Crippen LogP) is 3.42. The smallest absolute Gasteiger partial charge is 0.224 e. The van der Waals surface area contributed by atoms with Crippen LogP contribution in [0.15, 0.2) is 67.3 Å². The Kier molecular flexibility index (Phi) is 5.67. The molecule has 166 valence electrons. The molecule has 5 aromatic rings. The second-order valence-corrected chi connectivity index (χ2v) is 7.69. The van der Waals surface area contributed by atoms with Gasteiger partial charge in [0.15, 0.2) is 5.65 Å². The number of nitrogens with one attached hydrogen (secondary N) is 3. The molecule has 0 radical (unpaired) electrons. The minimum absolute atomic E-state index is 0.0486. The number of aromatic nitrogens is 5. The Morgan fingerprint density at radius 1 is 1.06 bits per heavy atom. The number of benzene rings is 2. The lowest BCUT2D eigenvalue weighted by Gasteiger charge is -2.08. The van der Waals surface area contributed by atoms with Crippen molar-refractivity contribution in [1.82, 2.24) is 30.0 Å². The average Bonchev–Trinajstić information content (AvgIpc) is 3.43. The molecule has 0 saturated carbocycles. The van der Waals surface area contributed by atoms with E-state index in [4.69, 9.17) is 0 Å². The maximum absolute atomic E-state index is 13.1. The highest BCUT2D eigenvalue weighted by Crippen LogP contribution is 2.20. The van der Waals surface area contributed by atoms with Crippen molar-refractivity contribution < 1.29 is 9.18 Å². The van der Waals surface area contributed by atoms with Crippen molar-refractivity contribution in [2.45, 2.75) is 19.5 Å². The molecule has 3 aromatic heterocycles. The fraction of sp³-hybridized carbons (Fsp3) is 0.167. The number of carbonyl (C=O) groups is 1. The number of fused-ring (bicyclic) bond motifs is 2. The van der Waals surface area contributed by atoms with E-state index in [9.17, 15) is 9.18 Å². The van der Waals surface area contributed by atoms with Gasteiger partial charge < -0.3 is 15.6 Å². The third kappa shape index (κ3) is 4.52. The topological polar surface area (TPSA) is 101 Å². The van der Waals surface area contributed by atoms with Gasteiger partial charge in [-0.2, -0.15) is 5.10 Å². The molecule has 9 heteroatoms. The van der Waals surface area contributed by atoms with Gasteiger partial charge in [0.25, 0.3) is 0 Å². The van der Waals surface area contributed by atoms with Crippen molar-refractivity contribution in [3.05, 3.63) is 84.2 Å². The first-order valence-electron chi connectivity index (χ1n) is 10.6. The zero-order valence-electron chi connectivity index (χ0n) is 17.8. The first kappa shape index (κ1) is 20.6. The molecule has 0 aliphatic carbocycles. The number of hydrogen-bond acceptors (Lipinski definition) is 5. The number of nitrogens with zero attached hydrogens (tertiary/aromatic N) is 4. The largest absolute Gasteiger partial charge is 0.365 e. The summed E-state index contributed by atoms with van der Waals surface area (Å²) in [4.78, 5) is 24.3. The number of para-hydroxylation sites is 1. The first-order chi connectivity index (χ1) is 16.2. The molecule has 5 rings (SSSR count). The molecule has 1 amide bonds. The van der Waals surface area contributed by atoms with Gasteiger partial charge in [-0.05, 0) is 29.3 Å². The van der Waals surface area contributed by atoms with Crippen LogP contribution in [-0.4, -0.2) is 37.2 Å². The monoisotopic (exact) mass is 443 g/mol. The highest BCUT2D eigenvalue weighted by Gasteiger charge is 2.11. The summed E-state index contributed by atoms with van der Waals surface area (Å²) in [5.74, 6) is 0.337. The third-order valence-corrected chi connectivity index (χ3v) is 5.48. The molecule has 8 nitrogen and oxygen atoms in total. The molecule has 33 heavy (non-hydrogen) atoms. The molecule has 0 atom stereocenters. The zero-order chi connectivity index (χ0) is 22.6. The van der Waals surface area contributed by atoms with Crippen molar-refractivity contribution in [1.29, 1.82) is 0 Å². The van der Waals surface area contributed by atoms with Crippen LogP contribution in [0.25, 0.3) is 21.9 Å². The Hall–Kier alpha value is -4.27. The van der Waals surface area contributed by atoms with E-state index < -0.39 is 0 Å². The van der Waals surface area contributed by atoms with Gasteiger partial charge >= 0.3 is 0 Å². The van der Waals surface area contributed by atoms with E-state index in [0.29, 0.717) is 37.5 Å². The van der Waals surface area contributed by atoms with Gasteiger partial charge in [-0.3, -0.25) is 4.79 Å². The number of H-pyrrole nitrogens is 1. The maximum Gasteiger partial charge on any atom is 0.224 e. The van der Waals surface area contributed by atoms with Crippen molar-refractivity contribution in [2.24, 2.45) is 0 Å². The molecule has 0 bridgehead atoms. The van der Waals surface area contributed by atoms with Crippen molar-refractivity contribution in [3.8, 4) is 0 Å². The van der Waals surface area contributed by atoms with E-state index in [1.807, 2.05) is 30.5 Å². The summed E-state index contributed by atoms with van der Waals surface area (Å²) in [6, 6.07) is 14.2. The molecule has 3 heterocycles. The summed E-state index contributed by atoms with van der Waals surface area (Å²) in [7, 11) is 0. The highest BCUT2D eigenvalue weighted by molar-refractivity contribution is 5.89. The van der Waals surface area contributed by atoms with Crippen molar-refractivity contribution >= 4 is 33.7 Å². The standard InChI is InChI=1S/C24H22FN7O/c25-18-7-5-16(6-8-18)12-28-23-20-14-31-32(24(20)30-15-29-23)10-9-26-22(33)11-17-13-27-21-4-2-1-3-19(17)21/h1-8,13-15,27H,9-12H2,(H,26,33)(H,28,29,30). The van der Waals surface area contributed by atoms with E-state index in [2.05, 4.69) is 30.7 Å². The normalized spacial score (nSPS) is 11.2. The van der Waals surface area contributed by atoms with Crippen LogP contribution < -0.4 is 10.6 Å². The van der Waals surface area contributed by atoms with Crippen molar-refractivity contribution in [2.75, 3.05) is 11.9 Å². The fourth-order valence-electron chi connectivity index (χ4n) is 3.80. The molecule has 0 aliphatic rings. The van der Waals surface area contributed by atoms with Crippen LogP contribution in [0, 0.1) is 5.82 Å². The summed E-state index contributed by atoms with van der Waals surface area (Å²) in [6.07, 6.45) is 5.37. The Balaban J connectivity index is 1.19. The van der Waals surface area contributed by atoms with E-state index in [0.717, 1.165) is 27.4 Å². The molecule has 0 saturated heterocycles. The van der Waals surface area contributed by atoms with E-state index >= 15 is 0 Å². The number of amides is 1. The molecule has 0 unspecified atom stereocenters. The lowest BCUT2D eigenvalue weighted by atomic mass is 10.1. The van der Waals surface area contributed by atoms with Gasteiger partial charge in [-0.25, -0.2) is 19.0 Å². The SMILES string of the molecule is O=C(Cc1c[nH]c2ccccc12)NCCn1ncc2c(NCc3ccc(F)cc3)ncnc21. The number of anilines is 1. The minimum Gasteiger partial charge on any atom is -0.365 e. The second-order valence-electron chi connectivity index (χ2n) is 7.69. The van der Waals surface area contributed by atoms with Crippen LogP contribution in [-0.2, 0) is 24.3 Å². The lowest BCUT2D eigenvalue weighted by Crippen LogP contribution is -2.28. The highest BCUT2D eigenvalue weighted by atomic mass is 19.1. The van der Waals surface area contributed by atoms with Crippen LogP contribution in [0.4, 0.5) is 10.2 Å². The Morgan fingerprint density at radius 3 is 2.79 bits per heavy atom. The van der Waals surface area contributed by atoms with Crippen LogP contribution in [0.3, 0.4) is 0 Å².